The van der Waals surface area contributed by atoms with Crippen LogP contribution in [0.15, 0.2) is 12.4 Å². The van der Waals surface area contributed by atoms with Gasteiger partial charge in [0.05, 0.1) is 12.1 Å². The summed E-state index contributed by atoms with van der Waals surface area (Å²) in [5, 5.41) is 12.5. The predicted octanol–water partition coefficient (Wildman–Crippen LogP) is 1.26. The van der Waals surface area contributed by atoms with Gasteiger partial charge in [-0.2, -0.15) is 8.78 Å². The van der Waals surface area contributed by atoms with E-state index in [1.165, 1.54) is 12.4 Å². The predicted molar refractivity (Wildman–Crippen MR) is 84.6 cm³/mol. The van der Waals surface area contributed by atoms with Gasteiger partial charge in [-0.1, -0.05) is 0 Å². The highest BCUT2D eigenvalue weighted by Gasteiger charge is 2.29. The summed E-state index contributed by atoms with van der Waals surface area (Å²) in [6.45, 7) is 5.08. The maximum Gasteiger partial charge on any atom is 0.319 e. The first-order chi connectivity index (χ1) is 11.2. The molecule has 136 valence electrons. The summed E-state index contributed by atoms with van der Waals surface area (Å²) < 4.78 is 26.2. The van der Waals surface area contributed by atoms with Crippen molar-refractivity contribution in [1.29, 1.82) is 0 Å². The fourth-order valence-corrected chi connectivity index (χ4v) is 2.94. The maximum atomic E-state index is 12.8. The van der Waals surface area contributed by atoms with Crippen LogP contribution >= 0.6 is 0 Å². The topological polar surface area (TPSA) is 73.6 Å². The number of rotatable bonds is 5. The Morgan fingerprint density at radius 2 is 2.21 bits per heavy atom. The van der Waals surface area contributed by atoms with Crippen molar-refractivity contribution in [2.75, 3.05) is 26.2 Å². The van der Waals surface area contributed by atoms with E-state index >= 15 is 0 Å². The van der Waals surface area contributed by atoms with Crippen LogP contribution in [0.5, 0.6) is 0 Å². The van der Waals surface area contributed by atoms with Gasteiger partial charge >= 0.3 is 12.6 Å². The number of imidazole rings is 1. The molecule has 7 nitrogen and oxygen atoms in total. The van der Waals surface area contributed by atoms with Gasteiger partial charge in [-0.05, 0) is 20.8 Å². The molecule has 0 spiro atoms. The number of piperazine rings is 1. The lowest BCUT2D eigenvalue weighted by Crippen LogP contribution is -2.58. The normalized spacial score (nSPS) is 19.8. The molecule has 2 heterocycles. The Kier molecular flexibility index (Phi) is 5.76. The molecule has 1 aliphatic heterocycles. The molecule has 0 aromatic carbocycles. The third-order valence-corrected chi connectivity index (χ3v) is 3.94. The van der Waals surface area contributed by atoms with E-state index in [9.17, 15) is 18.7 Å². The number of alkyl halides is 2. The minimum atomic E-state index is -2.68. The standard InChI is InChI=1S/C15H25F2N5O2/c1-11-9-20(10-15(2,3)24)6-7-21(11)14(23)19-8-12-18-4-5-22(12)13(16)17/h4-5,11,13,24H,6-10H2,1-3H3,(H,19,23)/t11-/m1/s1. The van der Waals surface area contributed by atoms with Gasteiger partial charge in [-0.3, -0.25) is 9.47 Å². The van der Waals surface area contributed by atoms with Gasteiger partial charge in [0.1, 0.15) is 5.82 Å². The van der Waals surface area contributed by atoms with Crippen LogP contribution in [0.3, 0.4) is 0 Å². The molecule has 0 aliphatic carbocycles. The molecule has 0 bridgehead atoms. The number of β-amino-alcohol motifs (C(OH)–C–C–N with tert-alkyl or cyclic N) is 1. The van der Waals surface area contributed by atoms with E-state index in [4.69, 9.17) is 0 Å². The van der Waals surface area contributed by atoms with Crippen LogP contribution in [-0.2, 0) is 6.54 Å². The van der Waals surface area contributed by atoms with Gasteiger partial charge in [0.2, 0.25) is 0 Å². The highest BCUT2D eigenvalue weighted by molar-refractivity contribution is 5.74. The minimum absolute atomic E-state index is 0.0315. The summed E-state index contributed by atoms with van der Waals surface area (Å²) in [4.78, 5) is 19.9. The SMILES string of the molecule is C[C@@H]1CN(CC(C)(C)O)CCN1C(=O)NCc1nccn1C(F)F. The fraction of sp³-hybridized carbons (Fsp3) is 0.733. The number of hydrogen-bond donors (Lipinski definition) is 2. The summed E-state index contributed by atoms with van der Waals surface area (Å²) >= 11 is 0. The third kappa shape index (κ3) is 4.88. The van der Waals surface area contributed by atoms with Gasteiger partial charge in [0.15, 0.2) is 0 Å². The minimum Gasteiger partial charge on any atom is -0.389 e. The molecule has 1 atom stereocenters. The first-order valence-electron chi connectivity index (χ1n) is 7.96. The Bertz CT molecular complexity index is 558. The van der Waals surface area contributed by atoms with Crippen LogP contribution < -0.4 is 5.32 Å². The number of aromatic nitrogens is 2. The quantitative estimate of drug-likeness (QED) is 0.843. The van der Waals surface area contributed by atoms with E-state index in [1.807, 2.05) is 6.92 Å². The Labute approximate surface area is 140 Å². The molecule has 1 fully saturated rings. The van der Waals surface area contributed by atoms with Gasteiger partial charge in [-0.15, -0.1) is 0 Å². The molecule has 2 rings (SSSR count). The van der Waals surface area contributed by atoms with Crippen molar-refractivity contribution in [3.8, 4) is 0 Å². The summed E-state index contributed by atoms with van der Waals surface area (Å²) in [7, 11) is 0. The highest BCUT2D eigenvalue weighted by Crippen LogP contribution is 2.14. The number of urea groups is 1. The zero-order valence-corrected chi connectivity index (χ0v) is 14.2. The zero-order chi connectivity index (χ0) is 17.9. The van der Waals surface area contributed by atoms with E-state index in [0.29, 0.717) is 26.2 Å². The van der Waals surface area contributed by atoms with E-state index in [-0.39, 0.29) is 24.4 Å². The molecule has 0 unspecified atom stereocenters. The lowest BCUT2D eigenvalue weighted by molar-refractivity contribution is 0.0118. The Morgan fingerprint density at radius 1 is 1.50 bits per heavy atom. The Hall–Kier alpha value is -1.74. The smallest absolute Gasteiger partial charge is 0.319 e. The molecule has 2 amide bonds. The molecule has 0 saturated carbocycles. The number of carbonyl (C=O) groups is 1. The van der Waals surface area contributed by atoms with Crippen molar-refractivity contribution in [3.63, 3.8) is 0 Å². The molecular formula is C15H25F2N5O2. The van der Waals surface area contributed by atoms with Crippen molar-refractivity contribution < 1.29 is 18.7 Å². The fourth-order valence-electron chi connectivity index (χ4n) is 2.94. The first kappa shape index (κ1) is 18.6. The number of hydrogen-bond acceptors (Lipinski definition) is 4. The summed E-state index contributed by atoms with van der Waals surface area (Å²) in [6, 6.07) is -0.329. The zero-order valence-electron chi connectivity index (χ0n) is 14.2. The number of carbonyl (C=O) groups excluding carboxylic acids is 1. The van der Waals surface area contributed by atoms with Crippen LogP contribution in [0.25, 0.3) is 0 Å². The van der Waals surface area contributed by atoms with Crippen molar-refractivity contribution in [1.82, 2.24) is 24.7 Å². The average molecular weight is 345 g/mol. The van der Waals surface area contributed by atoms with Crippen LogP contribution in [0, 0.1) is 0 Å². The Morgan fingerprint density at radius 3 is 2.79 bits per heavy atom. The molecule has 1 aromatic heterocycles. The van der Waals surface area contributed by atoms with E-state index < -0.39 is 12.2 Å². The average Bonchev–Trinajstić information content (AvgIpc) is 2.91. The Balaban J connectivity index is 1.86. The van der Waals surface area contributed by atoms with E-state index in [0.717, 1.165) is 4.57 Å². The molecule has 9 heteroatoms. The van der Waals surface area contributed by atoms with Crippen molar-refractivity contribution >= 4 is 6.03 Å². The van der Waals surface area contributed by atoms with E-state index in [2.05, 4.69) is 15.2 Å². The maximum absolute atomic E-state index is 12.8. The second-order valence-electron chi connectivity index (χ2n) is 6.78. The summed E-state index contributed by atoms with van der Waals surface area (Å²) in [6.07, 6.45) is 2.47. The molecule has 2 N–H and O–H groups in total. The second-order valence-corrected chi connectivity index (χ2v) is 6.78. The first-order valence-corrected chi connectivity index (χ1v) is 7.96. The molecular weight excluding hydrogens is 320 g/mol. The van der Waals surface area contributed by atoms with Crippen LogP contribution in [0.1, 0.15) is 33.1 Å². The highest BCUT2D eigenvalue weighted by atomic mass is 19.3. The van der Waals surface area contributed by atoms with Crippen LogP contribution in [0.4, 0.5) is 13.6 Å². The largest absolute Gasteiger partial charge is 0.389 e. The number of aliphatic hydroxyl groups is 1. The van der Waals surface area contributed by atoms with Crippen LogP contribution in [0.2, 0.25) is 0 Å². The third-order valence-electron chi connectivity index (χ3n) is 3.94. The van der Waals surface area contributed by atoms with Gasteiger partial charge in [0.25, 0.3) is 0 Å². The monoisotopic (exact) mass is 345 g/mol. The number of halogens is 2. The molecule has 1 saturated heterocycles. The second kappa shape index (κ2) is 7.43. The van der Waals surface area contributed by atoms with E-state index in [1.54, 1.807) is 18.7 Å². The lowest BCUT2D eigenvalue weighted by Gasteiger charge is -2.41. The molecule has 1 aliphatic rings. The van der Waals surface area contributed by atoms with Crippen molar-refractivity contribution in [2.24, 2.45) is 0 Å². The van der Waals surface area contributed by atoms with Crippen LogP contribution in [-0.4, -0.2) is 68.3 Å². The van der Waals surface area contributed by atoms with Gasteiger partial charge in [0, 0.05) is 44.6 Å². The molecule has 0 radical (unpaired) electrons. The van der Waals surface area contributed by atoms with Gasteiger partial charge < -0.3 is 15.3 Å². The number of amides is 2. The number of nitrogens with zero attached hydrogens (tertiary/aromatic N) is 4. The molecule has 24 heavy (non-hydrogen) atoms. The van der Waals surface area contributed by atoms with Crippen molar-refractivity contribution in [2.45, 2.75) is 45.5 Å². The number of nitrogens with one attached hydrogen (secondary N) is 1. The van der Waals surface area contributed by atoms with Gasteiger partial charge in [-0.25, -0.2) is 9.78 Å². The molecule has 1 aromatic rings. The lowest BCUT2D eigenvalue weighted by atomic mass is 10.1. The summed E-state index contributed by atoms with van der Waals surface area (Å²) in [5.41, 5.74) is -0.781. The van der Waals surface area contributed by atoms with Crippen molar-refractivity contribution in [3.05, 3.63) is 18.2 Å². The summed E-state index contributed by atoms with van der Waals surface area (Å²) in [5.74, 6) is 0.117.